The van der Waals surface area contributed by atoms with Crippen LogP contribution in [-0.2, 0) is 5.41 Å². The molecule has 8 rings (SSSR count). The second-order valence-electron chi connectivity index (χ2n) is 12.9. The molecule has 0 radical (unpaired) electrons. The van der Waals surface area contributed by atoms with E-state index in [-0.39, 0.29) is 5.41 Å². The van der Waals surface area contributed by atoms with Crippen LogP contribution >= 0.6 is 0 Å². The van der Waals surface area contributed by atoms with Gasteiger partial charge in [-0.05, 0) is 76.7 Å². The summed E-state index contributed by atoms with van der Waals surface area (Å²) in [7, 11) is 0. The van der Waals surface area contributed by atoms with Crippen molar-refractivity contribution < 1.29 is 0 Å². The van der Waals surface area contributed by atoms with Crippen LogP contribution in [0.1, 0.15) is 37.5 Å². The molecular weight excluding hydrogens is 560 g/mol. The van der Waals surface area contributed by atoms with Crippen molar-refractivity contribution >= 4 is 43.6 Å². The summed E-state index contributed by atoms with van der Waals surface area (Å²) < 4.78 is 4.48. The van der Waals surface area contributed by atoms with Crippen molar-refractivity contribution in [3.63, 3.8) is 0 Å². The molecule has 46 heavy (non-hydrogen) atoms. The van der Waals surface area contributed by atoms with Crippen molar-refractivity contribution in [2.45, 2.75) is 26.2 Å². The van der Waals surface area contributed by atoms with Crippen molar-refractivity contribution in [2.75, 3.05) is 0 Å². The van der Waals surface area contributed by atoms with Crippen LogP contribution in [0.5, 0.6) is 0 Å². The van der Waals surface area contributed by atoms with E-state index in [4.69, 9.17) is 0 Å². The van der Waals surface area contributed by atoms with Gasteiger partial charge in [0.15, 0.2) is 0 Å². The molecule has 2 aromatic heterocycles. The van der Waals surface area contributed by atoms with Crippen LogP contribution in [0.15, 0.2) is 127 Å². The zero-order valence-electron chi connectivity index (χ0n) is 25.9. The second-order valence-corrected chi connectivity index (χ2v) is 12.9. The number of para-hydroxylation sites is 3. The number of rotatable bonds is 3. The van der Waals surface area contributed by atoms with Gasteiger partial charge in [0.2, 0.25) is 0 Å². The number of benzene rings is 6. The molecule has 0 unspecified atom stereocenters. The second kappa shape index (κ2) is 10.2. The highest BCUT2D eigenvalue weighted by atomic mass is 15.0. The molecule has 6 aromatic carbocycles. The highest BCUT2D eigenvalue weighted by Crippen LogP contribution is 2.42. The molecule has 0 amide bonds. The fourth-order valence-corrected chi connectivity index (χ4v) is 7.09. The third-order valence-electron chi connectivity index (χ3n) is 9.12. The Morgan fingerprint density at radius 2 is 1.15 bits per heavy atom. The molecule has 218 valence electrons. The smallest absolute Gasteiger partial charge is 0.101 e. The Bertz CT molecular complexity index is 2580. The predicted octanol–water partition coefficient (Wildman–Crippen LogP) is 10.6. The van der Waals surface area contributed by atoms with Crippen molar-refractivity contribution in [2.24, 2.45) is 0 Å². The summed E-state index contributed by atoms with van der Waals surface area (Å²) in [6, 6.07) is 49.2. The minimum Gasteiger partial charge on any atom is -0.309 e. The summed E-state index contributed by atoms with van der Waals surface area (Å²) in [6.45, 7) is 6.22. The van der Waals surface area contributed by atoms with Gasteiger partial charge in [-0.1, -0.05) is 93.6 Å². The molecule has 0 saturated carbocycles. The van der Waals surface area contributed by atoms with Gasteiger partial charge in [0.1, 0.15) is 6.07 Å². The number of aromatic nitrogens is 2. The SMILES string of the molecule is CC(C)(C)c1cc(C#N)c(-n2c3ccccc3c3c(-c4ccc5c(c4)c4ccccc4n5-c4ccccc4)cccc32)cc1C#N. The van der Waals surface area contributed by atoms with Crippen LogP contribution in [0, 0.1) is 22.7 Å². The molecule has 4 heteroatoms. The summed E-state index contributed by atoms with van der Waals surface area (Å²) in [5.74, 6) is 0. The van der Waals surface area contributed by atoms with Gasteiger partial charge in [-0.25, -0.2) is 0 Å². The third kappa shape index (κ3) is 4.05. The molecule has 4 nitrogen and oxygen atoms in total. The number of nitriles is 2. The molecule has 0 N–H and O–H groups in total. The van der Waals surface area contributed by atoms with Crippen LogP contribution in [-0.4, -0.2) is 9.13 Å². The Morgan fingerprint density at radius 3 is 1.87 bits per heavy atom. The average molecular weight is 591 g/mol. The zero-order chi connectivity index (χ0) is 31.6. The molecule has 0 aliphatic heterocycles. The van der Waals surface area contributed by atoms with Gasteiger partial charge in [-0.15, -0.1) is 0 Å². The Labute approximate surface area is 267 Å². The monoisotopic (exact) mass is 590 g/mol. The maximum absolute atomic E-state index is 10.4. The van der Waals surface area contributed by atoms with Crippen LogP contribution in [0.4, 0.5) is 0 Å². The molecule has 0 atom stereocenters. The molecule has 0 aliphatic carbocycles. The zero-order valence-corrected chi connectivity index (χ0v) is 25.9. The lowest BCUT2D eigenvalue weighted by Crippen LogP contribution is -2.15. The maximum atomic E-state index is 10.4. The first-order valence-electron chi connectivity index (χ1n) is 15.5. The van der Waals surface area contributed by atoms with E-state index in [2.05, 4.69) is 145 Å². The fourth-order valence-electron chi connectivity index (χ4n) is 7.09. The first-order chi connectivity index (χ1) is 22.4. The number of hydrogen-bond donors (Lipinski definition) is 0. The highest BCUT2D eigenvalue weighted by Gasteiger charge is 2.24. The maximum Gasteiger partial charge on any atom is 0.101 e. The number of hydrogen-bond acceptors (Lipinski definition) is 2. The largest absolute Gasteiger partial charge is 0.309 e. The Hall–Kier alpha value is -6.10. The van der Waals surface area contributed by atoms with Gasteiger partial charge >= 0.3 is 0 Å². The van der Waals surface area contributed by atoms with Gasteiger partial charge in [-0.2, -0.15) is 10.5 Å². The summed E-state index contributed by atoms with van der Waals surface area (Å²) >= 11 is 0. The van der Waals surface area contributed by atoms with E-state index in [9.17, 15) is 10.5 Å². The minimum absolute atomic E-state index is 0.272. The van der Waals surface area contributed by atoms with Crippen molar-refractivity contribution in [1.29, 1.82) is 10.5 Å². The summed E-state index contributed by atoms with van der Waals surface area (Å²) in [6.07, 6.45) is 0. The van der Waals surface area contributed by atoms with E-state index in [0.717, 1.165) is 55.4 Å². The summed E-state index contributed by atoms with van der Waals surface area (Å²) in [4.78, 5) is 0. The van der Waals surface area contributed by atoms with Gasteiger partial charge in [0.05, 0.1) is 45.0 Å². The molecule has 0 spiro atoms. The van der Waals surface area contributed by atoms with Crippen molar-refractivity contribution in [3.05, 3.63) is 144 Å². The first-order valence-corrected chi connectivity index (χ1v) is 15.5. The van der Waals surface area contributed by atoms with Gasteiger partial charge < -0.3 is 9.13 Å². The van der Waals surface area contributed by atoms with Crippen molar-refractivity contribution in [3.8, 4) is 34.6 Å². The molecule has 8 aromatic rings. The molecule has 0 aliphatic rings. The quantitative estimate of drug-likeness (QED) is 0.205. The fraction of sp³-hybridized carbons (Fsp3) is 0.0952. The number of fused-ring (bicyclic) bond motifs is 6. The number of nitrogens with zero attached hydrogens (tertiary/aromatic N) is 4. The normalized spacial score (nSPS) is 11.8. The lowest BCUT2D eigenvalue weighted by atomic mass is 9.82. The van der Waals surface area contributed by atoms with E-state index in [1.165, 1.54) is 16.3 Å². The topological polar surface area (TPSA) is 57.4 Å². The first kappa shape index (κ1) is 27.4. The van der Waals surface area contributed by atoms with Gasteiger partial charge in [0, 0.05) is 27.2 Å². The Balaban J connectivity index is 1.42. The average Bonchev–Trinajstić information content (AvgIpc) is 3.60. The van der Waals surface area contributed by atoms with Crippen LogP contribution in [0.2, 0.25) is 0 Å². The standard InChI is InChI=1S/C42H30N4/c1-42(2,3)35-23-29(26-44)40(24-28(35)25-43)46-37-18-10-8-15-33(37)41-31(16-11-19-39(41)46)27-20-21-38-34(22-27)32-14-7-9-17-36(32)45(38)30-12-5-4-6-13-30/h4-24H,1-3H3. The third-order valence-corrected chi connectivity index (χ3v) is 9.12. The lowest BCUT2D eigenvalue weighted by molar-refractivity contribution is 0.588. The van der Waals surface area contributed by atoms with Gasteiger partial charge in [-0.3, -0.25) is 0 Å². The summed E-state index contributed by atoms with van der Waals surface area (Å²) in [5, 5.41) is 25.2. The van der Waals surface area contributed by atoms with Crippen LogP contribution < -0.4 is 0 Å². The van der Waals surface area contributed by atoms with Crippen LogP contribution in [0.25, 0.3) is 66.1 Å². The Morgan fingerprint density at radius 1 is 0.522 bits per heavy atom. The minimum atomic E-state index is -0.272. The molecule has 0 saturated heterocycles. The van der Waals surface area contributed by atoms with E-state index in [1.54, 1.807) is 0 Å². The molecule has 0 fully saturated rings. The van der Waals surface area contributed by atoms with E-state index >= 15 is 0 Å². The predicted molar refractivity (Wildman–Crippen MR) is 189 cm³/mol. The lowest BCUT2D eigenvalue weighted by Gasteiger charge is -2.22. The molecule has 0 bridgehead atoms. The molecule has 2 heterocycles. The van der Waals surface area contributed by atoms with E-state index in [1.807, 2.05) is 24.3 Å². The van der Waals surface area contributed by atoms with Gasteiger partial charge in [0.25, 0.3) is 0 Å². The van der Waals surface area contributed by atoms with E-state index in [0.29, 0.717) is 11.1 Å². The van der Waals surface area contributed by atoms with Crippen LogP contribution in [0.3, 0.4) is 0 Å². The molecular formula is C42H30N4. The highest BCUT2D eigenvalue weighted by molar-refractivity contribution is 6.17. The Kier molecular flexibility index (Phi) is 6.11. The summed E-state index contributed by atoms with van der Waals surface area (Å²) in [5.41, 5.74) is 10.2. The van der Waals surface area contributed by atoms with Crippen molar-refractivity contribution in [1.82, 2.24) is 9.13 Å². The van der Waals surface area contributed by atoms with E-state index < -0.39 is 0 Å².